The molecule has 140 valence electrons. The summed E-state index contributed by atoms with van der Waals surface area (Å²) in [6.07, 6.45) is 5.81. The number of nitrogens with zero attached hydrogens (tertiary/aromatic N) is 3. The molecule has 1 amide bonds. The number of nitrogens with one attached hydrogen (secondary N) is 1. The van der Waals surface area contributed by atoms with E-state index >= 15 is 0 Å². The monoisotopic (exact) mass is 388 g/mol. The number of hydrogen-bond acceptors (Lipinski definition) is 4. The van der Waals surface area contributed by atoms with E-state index in [1.54, 1.807) is 6.20 Å². The molecule has 6 heteroatoms. The Kier molecular flexibility index (Phi) is 4.41. The van der Waals surface area contributed by atoms with Crippen molar-refractivity contribution in [1.29, 1.82) is 0 Å². The van der Waals surface area contributed by atoms with Crippen molar-refractivity contribution in [2.45, 2.75) is 18.8 Å². The first kappa shape index (κ1) is 17.1. The molecule has 0 unspecified atom stereocenters. The predicted octanol–water partition coefficient (Wildman–Crippen LogP) is 4.71. The number of piperidine rings is 1. The lowest BCUT2D eigenvalue weighted by molar-refractivity contribution is 0.0708. The first-order valence-corrected chi connectivity index (χ1v) is 10.4. The highest BCUT2D eigenvalue weighted by atomic mass is 32.1. The fraction of sp³-hybridized carbons (Fsp3) is 0.227. The number of thiazole rings is 1. The number of rotatable bonds is 3. The molecule has 0 atom stereocenters. The number of H-pyrrole nitrogens is 1. The highest BCUT2D eigenvalue weighted by molar-refractivity contribution is 7.13. The van der Waals surface area contributed by atoms with Gasteiger partial charge in [-0.15, -0.1) is 11.3 Å². The van der Waals surface area contributed by atoms with Crippen molar-refractivity contribution in [2.24, 2.45) is 0 Å². The van der Waals surface area contributed by atoms with Crippen molar-refractivity contribution in [3.05, 3.63) is 71.5 Å². The topological polar surface area (TPSA) is 61.9 Å². The van der Waals surface area contributed by atoms with Gasteiger partial charge in [0.25, 0.3) is 5.91 Å². The predicted molar refractivity (Wildman–Crippen MR) is 112 cm³/mol. The Hall–Kier alpha value is -2.99. The molecule has 1 aliphatic heterocycles. The lowest BCUT2D eigenvalue weighted by Gasteiger charge is -2.31. The van der Waals surface area contributed by atoms with Crippen LogP contribution in [-0.2, 0) is 0 Å². The zero-order valence-corrected chi connectivity index (χ0v) is 16.2. The second-order valence-corrected chi connectivity index (χ2v) is 7.97. The summed E-state index contributed by atoms with van der Waals surface area (Å²) < 4.78 is 0. The maximum absolute atomic E-state index is 12.9. The van der Waals surface area contributed by atoms with Gasteiger partial charge in [0.1, 0.15) is 16.3 Å². The molecule has 0 spiro atoms. The molecule has 0 saturated carbocycles. The van der Waals surface area contributed by atoms with E-state index in [2.05, 4.69) is 27.2 Å². The van der Waals surface area contributed by atoms with E-state index in [0.717, 1.165) is 42.1 Å². The van der Waals surface area contributed by atoms with Gasteiger partial charge < -0.3 is 9.88 Å². The summed E-state index contributed by atoms with van der Waals surface area (Å²) in [5.41, 5.74) is 3.86. The number of aromatic amines is 1. The minimum atomic E-state index is 0.0393. The van der Waals surface area contributed by atoms with Crippen LogP contribution in [0.4, 0.5) is 0 Å². The maximum atomic E-state index is 12.9. The lowest BCUT2D eigenvalue weighted by Crippen LogP contribution is -2.38. The van der Waals surface area contributed by atoms with E-state index in [4.69, 9.17) is 0 Å². The zero-order valence-electron chi connectivity index (χ0n) is 15.3. The van der Waals surface area contributed by atoms with Crippen LogP contribution in [0.25, 0.3) is 21.6 Å². The van der Waals surface area contributed by atoms with Crippen LogP contribution in [0.15, 0.2) is 60.2 Å². The first-order valence-electron chi connectivity index (χ1n) is 9.52. The number of aromatic nitrogens is 3. The number of hydrogen-bond donors (Lipinski definition) is 1. The molecule has 0 aliphatic carbocycles. The van der Waals surface area contributed by atoms with Crippen molar-refractivity contribution in [2.75, 3.05) is 13.1 Å². The summed E-state index contributed by atoms with van der Waals surface area (Å²) >= 11 is 1.53. The molecular weight excluding hydrogens is 368 g/mol. The third-order valence-corrected chi connectivity index (χ3v) is 6.34. The van der Waals surface area contributed by atoms with Crippen molar-refractivity contribution in [3.8, 4) is 10.6 Å². The van der Waals surface area contributed by atoms with Crippen LogP contribution < -0.4 is 0 Å². The summed E-state index contributed by atoms with van der Waals surface area (Å²) in [6, 6.07) is 14.1. The van der Waals surface area contributed by atoms with Crippen LogP contribution >= 0.6 is 11.3 Å². The Bertz CT molecular complexity index is 1110. The number of pyridine rings is 1. The Morgan fingerprint density at radius 2 is 1.93 bits per heavy atom. The molecule has 1 aliphatic rings. The summed E-state index contributed by atoms with van der Waals surface area (Å²) in [4.78, 5) is 27.1. The molecule has 4 heterocycles. The molecule has 1 saturated heterocycles. The molecule has 5 nitrogen and oxygen atoms in total. The molecule has 0 radical (unpaired) electrons. The van der Waals surface area contributed by atoms with Gasteiger partial charge >= 0.3 is 0 Å². The van der Waals surface area contributed by atoms with E-state index in [1.165, 1.54) is 22.3 Å². The second kappa shape index (κ2) is 7.20. The summed E-state index contributed by atoms with van der Waals surface area (Å²) in [5.74, 6) is 0.495. The fourth-order valence-electron chi connectivity index (χ4n) is 3.96. The molecule has 3 aromatic heterocycles. The van der Waals surface area contributed by atoms with Crippen molar-refractivity contribution < 1.29 is 4.79 Å². The summed E-state index contributed by atoms with van der Waals surface area (Å²) in [5, 5.41) is 3.96. The Balaban J connectivity index is 1.28. The summed E-state index contributed by atoms with van der Waals surface area (Å²) in [6.45, 7) is 1.52. The smallest absolute Gasteiger partial charge is 0.273 e. The lowest BCUT2D eigenvalue weighted by atomic mass is 9.89. The average molecular weight is 388 g/mol. The van der Waals surface area contributed by atoms with Gasteiger partial charge in [0.15, 0.2) is 0 Å². The molecule has 1 N–H and O–H groups in total. The molecular formula is C22H20N4OS. The highest BCUT2D eigenvalue weighted by Crippen LogP contribution is 2.33. The molecule has 4 aromatic rings. The van der Waals surface area contributed by atoms with Crippen molar-refractivity contribution in [1.82, 2.24) is 19.9 Å². The second-order valence-electron chi connectivity index (χ2n) is 7.11. The zero-order chi connectivity index (χ0) is 18.9. The van der Waals surface area contributed by atoms with E-state index < -0.39 is 0 Å². The van der Waals surface area contributed by atoms with Gasteiger partial charge in [-0.05, 0) is 36.5 Å². The SMILES string of the molecule is O=C(c1csc(-c2ccccc2)n1)N1CCC(c2c[nH]c3ncccc23)CC1. The van der Waals surface area contributed by atoms with E-state index in [1.807, 2.05) is 46.7 Å². The van der Waals surface area contributed by atoms with Crippen LogP contribution in [0.3, 0.4) is 0 Å². The number of carbonyl (C=O) groups is 1. The van der Waals surface area contributed by atoms with Gasteiger partial charge in [0.05, 0.1) is 0 Å². The molecule has 5 rings (SSSR count). The molecule has 1 fully saturated rings. The highest BCUT2D eigenvalue weighted by Gasteiger charge is 2.27. The number of likely N-dealkylation sites (tertiary alicyclic amines) is 1. The van der Waals surface area contributed by atoms with Gasteiger partial charge in [-0.2, -0.15) is 0 Å². The van der Waals surface area contributed by atoms with Crippen molar-refractivity contribution in [3.63, 3.8) is 0 Å². The first-order chi connectivity index (χ1) is 13.8. The third kappa shape index (κ3) is 3.10. The number of amides is 1. The van der Waals surface area contributed by atoms with Gasteiger partial charge in [-0.25, -0.2) is 9.97 Å². The van der Waals surface area contributed by atoms with Crippen LogP contribution in [0.2, 0.25) is 0 Å². The Morgan fingerprint density at radius 1 is 1.11 bits per heavy atom. The van der Waals surface area contributed by atoms with Crippen LogP contribution in [-0.4, -0.2) is 38.8 Å². The molecule has 0 bridgehead atoms. The molecule has 28 heavy (non-hydrogen) atoms. The van der Waals surface area contributed by atoms with Crippen LogP contribution in [0, 0.1) is 0 Å². The van der Waals surface area contributed by atoms with E-state index in [0.29, 0.717) is 11.6 Å². The third-order valence-electron chi connectivity index (χ3n) is 5.45. The van der Waals surface area contributed by atoms with E-state index in [-0.39, 0.29) is 5.91 Å². The normalized spacial score (nSPS) is 15.2. The number of benzene rings is 1. The van der Waals surface area contributed by atoms with E-state index in [9.17, 15) is 4.79 Å². The Morgan fingerprint density at radius 3 is 2.75 bits per heavy atom. The maximum Gasteiger partial charge on any atom is 0.273 e. The van der Waals surface area contributed by atoms with Gasteiger partial charge in [-0.1, -0.05) is 30.3 Å². The minimum Gasteiger partial charge on any atom is -0.346 e. The van der Waals surface area contributed by atoms with Crippen molar-refractivity contribution >= 4 is 28.3 Å². The van der Waals surface area contributed by atoms with Gasteiger partial charge in [0, 0.05) is 41.8 Å². The largest absolute Gasteiger partial charge is 0.346 e. The number of carbonyl (C=O) groups excluding carboxylic acids is 1. The summed E-state index contributed by atoms with van der Waals surface area (Å²) in [7, 11) is 0. The van der Waals surface area contributed by atoms with Crippen LogP contribution in [0.1, 0.15) is 34.8 Å². The van der Waals surface area contributed by atoms with Crippen LogP contribution in [0.5, 0.6) is 0 Å². The quantitative estimate of drug-likeness (QED) is 0.553. The minimum absolute atomic E-state index is 0.0393. The molecule has 1 aromatic carbocycles. The number of fused-ring (bicyclic) bond motifs is 1. The average Bonchev–Trinajstić information content (AvgIpc) is 3.42. The standard InChI is InChI=1S/C22H20N4OS/c27-22(19-14-28-21(25-19)16-5-2-1-3-6-16)26-11-8-15(9-12-26)18-13-24-20-17(18)7-4-10-23-20/h1-7,10,13-15H,8-9,11-12H2,(H,23,24). The van der Waals surface area contributed by atoms with Gasteiger partial charge in [0.2, 0.25) is 0 Å². The fourth-order valence-corrected chi connectivity index (χ4v) is 4.76. The van der Waals surface area contributed by atoms with Gasteiger partial charge in [-0.3, -0.25) is 4.79 Å². The Labute approximate surface area is 167 Å².